The quantitative estimate of drug-likeness (QED) is 0.228. The third-order valence-corrected chi connectivity index (χ3v) is 7.40. The highest BCUT2D eigenvalue weighted by Crippen LogP contribution is 2.37. The molecule has 0 N–H and O–H groups in total. The Balaban J connectivity index is 1.49. The number of hydrogen-bond acceptors (Lipinski definition) is 2. The van der Waals surface area contributed by atoms with E-state index in [1.807, 2.05) is 13.8 Å². The van der Waals surface area contributed by atoms with E-state index in [0.717, 1.165) is 33.9 Å². The lowest BCUT2D eigenvalue weighted by Crippen LogP contribution is -1.96. The van der Waals surface area contributed by atoms with E-state index in [4.69, 9.17) is 4.98 Å². The lowest BCUT2D eigenvalue weighted by atomic mass is 9.90. The highest BCUT2D eigenvalue weighted by Gasteiger charge is 2.14. The molecule has 0 spiro atoms. The maximum Gasteiger partial charge on any atom is 0.126 e. The Kier molecular flexibility index (Phi) is 6.84. The molecule has 0 amide bonds. The van der Waals surface area contributed by atoms with Gasteiger partial charge in [0.15, 0.2) is 0 Å². The first kappa shape index (κ1) is 25.5. The molecule has 0 bridgehead atoms. The summed E-state index contributed by atoms with van der Waals surface area (Å²) in [5.74, 6) is 0.779. The molecule has 194 valence electrons. The second kappa shape index (κ2) is 10.7. The van der Waals surface area contributed by atoms with Crippen LogP contribution < -0.4 is 0 Å². The van der Waals surface area contributed by atoms with Gasteiger partial charge in [-0.2, -0.15) is 0 Å². The first-order valence-corrected chi connectivity index (χ1v) is 13.7. The maximum atomic E-state index is 4.88. The fourth-order valence-electron chi connectivity index (χ4n) is 5.28. The van der Waals surface area contributed by atoms with E-state index in [2.05, 4.69) is 140 Å². The number of hydrogen-bond donors (Lipinski definition) is 0. The zero-order valence-corrected chi connectivity index (χ0v) is 23.4. The highest BCUT2D eigenvalue weighted by molar-refractivity contribution is 5.88. The van der Waals surface area contributed by atoms with Crippen molar-refractivity contribution in [3.05, 3.63) is 144 Å². The standard InChI is InChI=1S/C38H32N2/c1-25-11-15-29(16-12-25)31-7-5-9-33(22-31)34-19-20-36(37(24-34)38-21-27(3)39-28(4)40-38)35-10-6-8-32(23-35)30-17-13-26(2)14-18-30/h5-24H,1-4H3. The minimum atomic E-state index is 0.779. The Labute approximate surface area is 237 Å². The molecule has 2 nitrogen and oxygen atoms in total. The number of aryl methyl sites for hydroxylation is 4. The monoisotopic (exact) mass is 516 g/mol. The minimum absolute atomic E-state index is 0.779. The normalized spacial score (nSPS) is 11.0. The molecule has 0 saturated carbocycles. The average molecular weight is 517 g/mol. The van der Waals surface area contributed by atoms with E-state index in [1.165, 1.54) is 44.5 Å². The number of rotatable bonds is 5. The first-order valence-electron chi connectivity index (χ1n) is 13.7. The van der Waals surface area contributed by atoms with Crippen LogP contribution in [0.3, 0.4) is 0 Å². The van der Waals surface area contributed by atoms with Crippen LogP contribution >= 0.6 is 0 Å². The summed E-state index contributed by atoms with van der Waals surface area (Å²) >= 11 is 0. The molecular formula is C38H32N2. The smallest absolute Gasteiger partial charge is 0.126 e. The largest absolute Gasteiger partial charge is 0.239 e. The molecule has 0 radical (unpaired) electrons. The lowest BCUT2D eigenvalue weighted by molar-refractivity contribution is 1.02. The second-order valence-electron chi connectivity index (χ2n) is 10.6. The van der Waals surface area contributed by atoms with Gasteiger partial charge in [0.05, 0.1) is 5.69 Å². The molecule has 40 heavy (non-hydrogen) atoms. The van der Waals surface area contributed by atoms with Gasteiger partial charge in [0.25, 0.3) is 0 Å². The van der Waals surface area contributed by atoms with Crippen molar-refractivity contribution in [3.63, 3.8) is 0 Å². The van der Waals surface area contributed by atoms with Gasteiger partial charge in [-0.1, -0.05) is 108 Å². The molecule has 1 aromatic heterocycles. The molecule has 6 rings (SSSR count). The van der Waals surface area contributed by atoms with Gasteiger partial charge in [0, 0.05) is 11.3 Å². The Morgan fingerprint density at radius 3 is 1.43 bits per heavy atom. The summed E-state index contributed by atoms with van der Waals surface area (Å²) in [4.78, 5) is 9.42. The summed E-state index contributed by atoms with van der Waals surface area (Å²) in [6.45, 7) is 8.24. The third-order valence-electron chi connectivity index (χ3n) is 7.40. The lowest BCUT2D eigenvalue weighted by Gasteiger charge is -2.15. The molecule has 0 aliphatic rings. The van der Waals surface area contributed by atoms with E-state index in [9.17, 15) is 0 Å². The number of nitrogens with zero attached hydrogens (tertiary/aromatic N) is 2. The Morgan fingerprint density at radius 1 is 0.375 bits per heavy atom. The Bertz CT molecular complexity index is 1790. The predicted molar refractivity (Wildman–Crippen MR) is 168 cm³/mol. The molecule has 0 saturated heterocycles. The van der Waals surface area contributed by atoms with Crippen molar-refractivity contribution in [3.8, 4) is 55.8 Å². The number of aromatic nitrogens is 2. The van der Waals surface area contributed by atoms with Crippen molar-refractivity contribution in [2.24, 2.45) is 0 Å². The van der Waals surface area contributed by atoms with Crippen molar-refractivity contribution in [1.82, 2.24) is 9.97 Å². The topological polar surface area (TPSA) is 25.8 Å². The summed E-state index contributed by atoms with van der Waals surface area (Å²) in [5, 5.41) is 0. The highest BCUT2D eigenvalue weighted by atomic mass is 14.9. The van der Waals surface area contributed by atoms with Gasteiger partial charge in [0.1, 0.15) is 5.82 Å². The van der Waals surface area contributed by atoms with Gasteiger partial charge in [0.2, 0.25) is 0 Å². The zero-order chi connectivity index (χ0) is 27.6. The van der Waals surface area contributed by atoms with E-state index in [1.54, 1.807) is 0 Å². The molecule has 0 fully saturated rings. The van der Waals surface area contributed by atoms with E-state index in [-0.39, 0.29) is 0 Å². The molecule has 5 aromatic carbocycles. The first-order chi connectivity index (χ1) is 19.4. The van der Waals surface area contributed by atoms with Crippen LogP contribution in [0.1, 0.15) is 22.6 Å². The van der Waals surface area contributed by atoms with Crippen LogP contribution in [0.25, 0.3) is 55.8 Å². The maximum absolute atomic E-state index is 4.88. The van der Waals surface area contributed by atoms with Crippen LogP contribution in [0.15, 0.2) is 121 Å². The minimum Gasteiger partial charge on any atom is -0.239 e. The van der Waals surface area contributed by atoms with Crippen LogP contribution in [0.5, 0.6) is 0 Å². The van der Waals surface area contributed by atoms with Crippen molar-refractivity contribution in [2.75, 3.05) is 0 Å². The molecule has 0 atom stereocenters. The molecule has 6 aromatic rings. The van der Waals surface area contributed by atoms with Gasteiger partial charge in [-0.15, -0.1) is 0 Å². The van der Waals surface area contributed by atoms with Crippen LogP contribution in [0.2, 0.25) is 0 Å². The Morgan fingerprint density at radius 2 is 0.850 bits per heavy atom. The van der Waals surface area contributed by atoms with Crippen LogP contribution in [0, 0.1) is 27.7 Å². The molecule has 2 heteroatoms. The fraction of sp³-hybridized carbons (Fsp3) is 0.105. The Hall–Kier alpha value is -4.82. The van der Waals surface area contributed by atoms with Crippen molar-refractivity contribution >= 4 is 0 Å². The summed E-state index contributed by atoms with van der Waals surface area (Å²) in [6.07, 6.45) is 0. The van der Waals surface area contributed by atoms with Gasteiger partial charge in [-0.3, -0.25) is 0 Å². The molecular weight excluding hydrogens is 484 g/mol. The predicted octanol–water partition coefficient (Wildman–Crippen LogP) is 10.0. The van der Waals surface area contributed by atoms with Crippen molar-refractivity contribution in [1.29, 1.82) is 0 Å². The summed E-state index contributed by atoms with van der Waals surface area (Å²) in [6, 6.07) is 43.8. The molecule has 1 heterocycles. The second-order valence-corrected chi connectivity index (χ2v) is 10.6. The van der Waals surface area contributed by atoms with Crippen LogP contribution in [-0.2, 0) is 0 Å². The van der Waals surface area contributed by atoms with Gasteiger partial charge < -0.3 is 0 Å². The SMILES string of the molecule is Cc1ccc(-c2cccc(-c3ccc(-c4cccc(-c5ccc(C)cc5)c4)c(-c4cc(C)nc(C)n4)c3)c2)cc1. The summed E-state index contributed by atoms with van der Waals surface area (Å²) < 4.78 is 0. The zero-order valence-electron chi connectivity index (χ0n) is 23.4. The fourth-order valence-corrected chi connectivity index (χ4v) is 5.28. The van der Waals surface area contributed by atoms with Crippen LogP contribution in [0.4, 0.5) is 0 Å². The number of benzene rings is 5. The van der Waals surface area contributed by atoms with Gasteiger partial charge in [-0.25, -0.2) is 9.97 Å². The summed E-state index contributed by atoms with van der Waals surface area (Å²) in [7, 11) is 0. The molecule has 0 unspecified atom stereocenters. The van der Waals surface area contributed by atoms with E-state index >= 15 is 0 Å². The van der Waals surface area contributed by atoms with E-state index in [0.29, 0.717) is 0 Å². The molecule has 0 aliphatic heterocycles. The summed E-state index contributed by atoms with van der Waals surface area (Å²) in [5.41, 5.74) is 15.1. The van der Waals surface area contributed by atoms with Gasteiger partial charge >= 0.3 is 0 Å². The van der Waals surface area contributed by atoms with E-state index < -0.39 is 0 Å². The average Bonchev–Trinajstić information content (AvgIpc) is 2.97. The third kappa shape index (κ3) is 5.34. The van der Waals surface area contributed by atoms with Crippen LogP contribution in [-0.4, -0.2) is 9.97 Å². The van der Waals surface area contributed by atoms with Crippen molar-refractivity contribution in [2.45, 2.75) is 27.7 Å². The molecule has 0 aliphatic carbocycles. The van der Waals surface area contributed by atoms with Gasteiger partial charge in [-0.05, 0) is 96.5 Å². The van der Waals surface area contributed by atoms with Crippen molar-refractivity contribution < 1.29 is 0 Å².